The minimum Gasteiger partial charge on any atom is -0.478 e. The maximum atomic E-state index is 12.1. The first-order chi connectivity index (χ1) is 9.54. The zero-order valence-corrected chi connectivity index (χ0v) is 11.6. The summed E-state index contributed by atoms with van der Waals surface area (Å²) < 4.78 is 5.19. The third-order valence-electron chi connectivity index (χ3n) is 2.55. The van der Waals surface area contributed by atoms with Crippen molar-refractivity contribution in [2.45, 2.75) is 6.92 Å². The zero-order valence-electron chi connectivity index (χ0n) is 11.6. The third-order valence-corrected chi connectivity index (χ3v) is 2.55. The van der Waals surface area contributed by atoms with E-state index in [9.17, 15) is 9.59 Å². The number of rotatable bonds is 7. The van der Waals surface area contributed by atoms with E-state index in [0.717, 1.165) is 6.08 Å². The number of carbonyl (C=O) groups is 2. The molecule has 0 aliphatic heterocycles. The molecule has 0 radical (unpaired) electrons. The molecule has 0 unspecified atom stereocenters. The lowest BCUT2D eigenvalue weighted by atomic mass is 10.2. The van der Waals surface area contributed by atoms with Crippen LogP contribution in [0.4, 0.5) is 0 Å². The Bertz CT molecular complexity index is 500. The van der Waals surface area contributed by atoms with Crippen molar-refractivity contribution in [3.63, 3.8) is 0 Å². The Morgan fingerprint density at radius 1 is 1.45 bits per heavy atom. The number of carboxylic acids is 1. The van der Waals surface area contributed by atoms with Crippen molar-refractivity contribution in [3.8, 4) is 0 Å². The van der Waals surface area contributed by atoms with Gasteiger partial charge in [0.1, 0.15) is 0 Å². The Kier molecular flexibility index (Phi) is 6.39. The Labute approximate surface area is 117 Å². The van der Waals surface area contributed by atoms with E-state index in [1.165, 1.54) is 23.4 Å². The summed E-state index contributed by atoms with van der Waals surface area (Å²) in [6.45, 7) is 3.47. The summed E-state index contributed by atoms with van der Waals surface area (Å²) >= 11 is 0. The van der Waals surface area contributed by atoms with Crippen LogP contribution in [0.3, 0.4) is 0 Å². The first-order valence-corrected chi connectivity index (χ1v) is 6.24. The van der Waals surface area contributed by atoms with Crippen LogP contribution < -0.4 is 0 Å². The monoisotopic (exact) mass is 278 g/mol. The maximum absolute atomic E-state index is 12.1. The summed E-state index contributed by atoms with van der Waals surface area (Å²) in [6, 6.07) is 1.60. The van der Waals surface area contributed by atoms with E-state index in [0.29, 0.717) is 30.9 Å². The Morgan fingerprint density at radius 2 is 2.20 bits per heavy atom. The topological polar surface area (TPSA) is 79.7 Å². The average molecular weight is 278 g/mol. The second-order valence-corrected chi connectivity index (χ2v) is 4.10. The van der Waals surface area contributed by atoms with Gasteiger partial charge in [-0.05, 0) is 24.6 Å². The Hall–Kier alpha value is -2.21. The fourth-order valence-corrected chi connectivity index (χ4v) is 1.50. The molecule has 0 aliphatic rings. The van der Waals surface area contributed by atoms with Crippen LogP contribution in [0.25, 0.3) is 6.08 Å². The van der Waals surface area contributed by atoms with Crippen LogP contribution in [-0.2, 0) is 9.53 Å². The summed E-state index contributed by atoms with van der Waals surface area (Å²) in [4.78, 5) is 28.0. The second kappa shape index (κ2) is 8.06. The normalized spacial score (nSPS) is 10.7. The summed E-state index contributed by atoms with van der Waals surface area (Å²) in [7, 11) is 1.68. The summed E-state index contributed by atoms with van der Waals surface area (Å²) in [5.41, 5.74) is 0.980. The molecular formula is C14H18N2O4. The van der Waals surface area contributed by atoms with E-state index in [1.54, 1.807) is 13.1 Å². The number of nitrogens with zero attached hydrogens (tertiary/aromatic N) is 2. The summed E-state index contributed by atoms with van der Waals surface area (Å²) in [5.74, 6) is -1.22. The molecule has 0 saturated heterocycles. The highest BCUT2D eigenvalue weighted by molar-refractivity contribution is 5.94. The molecule has 6 nitrogen and oxygen atoms in total. The predicted molar refractivity (Wildman–Crippen MR) is 74.4 cm³/mol. The van der Waals surface area contributed by atoms with Gasteiger partial charge in [-0.15, -0.1) is 0 Å². The maximum Gasteiger partial charge on any atom is 0.328 e. The van der Waals surface area contributed by atoms with Gasteiger partial charge in [0.25, 0.3) is 5.91 Å². The third kappa shape index (κ3) is 5.19. The smallest absolute Gasteiger partial charge is 0.328 e. The van der Waals surface area contributed by atoms with Crippen molar-refractivity contribution in [2.24, 2.45) is 0 Å². The lowest BCUT2D eigenvalue weighted by Gasteiger charge is -2.16. The molecule has 20 heavy (non-hydrogen) atoms. The number of amides is 1. The molecule has 0 saturated carbocycles. The van der Waals surface area contributed by atoms with E-state index < -0.39 is 5.97 Å². The van der Waals surface area contributed by atoms with Crippen LogP contribution in [0.15, 0.2) is 24.5 Å². The molecule has 1 rings (SSSR count). The van der Waals surface area contributed by atoms with Crippen molar-refractivity contribution in [1.82, 2.24) is 9.88 Å². The molecule has 108 valence electrons. The molecule has 0 spiro atoms. The molecule has 0 atom stereocenters. The average Bonchev–Trinajstić information content (AvgIpc) is 2.44. The quantitative estimate of drug-likeness (QED) is 0.600. The number of pyridine rings is 1. The number of aliphatic carboxylic acids is 1. The van der Waals surface area contributed by atoms with Crippen LogP contribution in [0.1, 0.15) is 22.8 Å². The molecule has 1 heterocycles. The molecule has 0 bridgehead atoms. The van der Waals surface area contributed by atoms with Gasteiger partial charge in [0.05, 0.1) is 12.2 Å². The van der Waals surface area contributed by atoms with Gasteiger partial charge in [-0.2, -0.15) is 0 Å². The number of aromatic nitrogens is 1. The van der Waals surface area contributed by atoms with Crippen molar-refractivity contribution >= 4 is 18.0 Å². The summed E-state index contributed by atoms with van der Waals surface area (Å²) in [5, 5.41) is 8.57. The number of carboxylic acid groups (broad SMARTS) is 1. The largest absolute Gasteiger partial charge is 0.478 e. The van der Waals surface area contributed by atoms with Gasteiger partial charge in [-0.1, -0.05) is 0 Å². The molecule has 1 amide bonds. The highest BCUT2D eigenvalue weighted by Crippen LogP contribution is 2.07. The highest BCUT2D eigenvalue weighted by atomic mass is 16.5. The molecule has 0 fully saturated rings. The second-order valence-electron chi connectivity index (χ2n) is 4.10. The first-order valence-electron chi connectivity index (χ1n) is 6.24. The fraction of sp³-hybridized carbons (Fsp3) is 0.357. The van der Waals surface area contributed by atoms with Crippen molar-refractivity contribution in [2.75, 3.05) is 26.8 Å². The van der Waals surface area contributed by atoms with Gasteiger partial charge in [0, 0.05) is 38.7 Å². The lowest BCUT2D eigenvalue weighted by Crippen LogP contribution is -2.30. The number of carbonyl (C=O) groups excluding carboxylic acids is 1. The lowest BCUT2D eigenvalue weighted by molar-refractivity contribution is -0.131. The van der Waals surface area contributed by atoms with Crippen molar-refractivity contribution < 1.29 is 19.4 Å². The van der Waals surface area contributed by atoms with E-state index in [1.807, 2.05) is 6.92 Å². The van der Waals surface area contributed by atoms with Crippen molar-refractivity contribution in [1.29, 1.82) is 0 Å². The van der Waals surface area contributed by atoms with Crippen molar-refractivity contribution in [3.05, 3.63) is 35.7 Å². The molecular weight excluding hydrogens is 260 g/mol. The molecule has 1 aromatic heterocycles. The molecule has 6 heteroatoms. The van der Waals surface area contributed by atoms with Gasteiger partial charge >= 0.3 is 5.97 Å². The van der Waals surface area contributed by atoms with Crippen LogP contribution in [0, 0.1) is 0 Å². The molecule has 1 aromatic rings. The SMILES string of the molecule is CCOCCN(C)C(=O)c1cncc(/C=C/C(=O)O)c1. The van der Waals surface area contributed by atoms with Gasteiger partial charge in [-0.25, -0.2) is 4.79 Å². The number of hydrogen-bond donors (Lipinski definition) is 1. The highest BCUT2D eigenvalue weighted by Gasteiger charge is 2.11. The molecule has 0 aromatic carbocycles. The summed E-state index contributed by atoms with van der Waals surface area (Å²) in [6.07, 6.45) is 5.35. The number of hydrogen-bond acceptors (Lipinski definition) is 4. The van der Waals surface area contributed by atoms with E-state index in [4.69, 9.17) is 9.84 Å². The fourth-order valence-electron chi connectivity index (χ4n) is 1.50. The zero-order chi connectivity index (χ0) is 15.0. The predicted octanol–water partition coefficient (Wildman–Crippen LogP) is 1.29. The molecule has 0 aliphatic carbocycles. The Balaban J connectivity index is 2.73. The van der Waals surface area contributed by atoms with Gasteiger partial charge in [0.15, 0.2) is 0 Å². The molecule has 1 N–H and O–H groups in total. The van der Waals surface area contributed by atoms with Crippen LogP contribution >= 0.6 is 0 Å². The number of likely N-dealkylation sites (N-methyl/N-ethyl adjacent to an activating group) is 1. The first kappa shape index (κ1) is 15.8. The standard InChI is InChI=1S/C14H18N2O4/c1-3-20-7-6-16(2)14(19)12-8-11(9-15-10-12)4-5-13(17)18/h4-5,8-10H,3,6-7H2,1-2H3,(H,17,18)/b5-4+. The van der Waals surface area contributed by atoms with Gasteiger partial charge in [0.2, 0.25) is 0 Å². The van der Waals surface area contributed by atoms with Gasteiger partial charge < -0.3 is 14.7 Å². The minimum absolute atomic E-state index is 0.178. The van der Waals surface area contributed by atoms with Crippen LogP contribution in [0.5, 0.6) is 0 Å². The number of ether oxygens (including phenoxy) is 1. The Morgan fingerprint density at radius 3 is 2.85 bits per heavy atom. The van der Waals surface area contributed by atoms with Crippen LogP contribution in [0.2, 0.25) is 0 Å². The van der Waals surface area contributed by atoms with Gasteiger partial charge in [-0.3, -0.25) is 9.78 Å². The van der Waals surface area contributed by atoms with E-state index >= 15 is 0 Å². The van der Waals surface area contributed by atoms with E-state index in [-0.39, 0.29) is 5.91 Å². The minimum atomic E-state index is -1.05. The van der Waals surface area contributed by atoms with Crippen LogP contribution in [-0.4, -0.2) is 53.7 Å². The van der Waals surface area contributed by atoms with E-state index in [2.05, 4.69) is 4.98 Å².